The molecule has 0 saturated carbocycles. The summed E-state index contributed by atoms with van der Waals surface area (Å²) >= 11 is 6.11. The van der Waals surface area contributed by atoms with E-state index in [9.17, 15) is 23.9 Å². The van der Waals surface area contributed by atoms with Crippen molar-refractivity contribution in [2.24, 2.45) is 5.92 Å². The number of nitrogens with zero attached hydrogens (tertiary/aromatic N) is 3. The molecule has 0 spiro atoms. The van der Waals surface area contributed by atoms with Crippen molar-refractivity contribution in [3.05, 3.63) is 64.9 Å². The summed E-state index contributed by atoms with van der Waals surface area (Å²) in [6, 6.07) is 12.0. The summed E-state index contributed by atoms with van der Waals surface area (Å²) in [6.45, 7) is 5.16. The number of rotatable bonds is 5. The molecule has 2 aromatic rings. The highest BCUT2D eigenvalue weighted by Gasteiger charge is 2.44. The number of hydrogen-bond acceptors (Lipinski definition) is 4. The van der Waals surface area contributed by atoms with Gasteiger partial charge in [0.2, 0.25) is 5.91 Å². The van der Waals surface area contributed by atoms with Crippen molar-refractivity contribution in [3.63, 3.8) is 0 Å². The number of carboxylic acid groups (broad SMARTS) is 1. The summed E-state index contributed by atoms with van der Waals surface area (Å²) in [4.78, 5) is 42.9. The van der Waals surface area contributed by atoms with Gasteiger partial charge in [-0.15, -0.1) is 0 Å². The largest absolute Gasteiger partial charge is 0.465 e. The predicted molar refractivity (Wildman–Crippen MR) is 136 cm³/mol. The van der Waals surface area contributed by atoms with E-state index in [0.717, 1.165) is 5.56 Å². The van der Waals surface area contributed by atoms with Crippen LogP contribution in [0.2, 0.25) is 5.02 Å². The van der Waals surface area contributed by atoms with Gasteiger partial charge in [0.1, 0.15) is 11.6 Å². The predicted octanol–water partition coefficient (Wildman–Crippen LogP) is 5.07. The number of benzene rings is 2. The second kappa shape index (κ2) is 11.4. The lowest BCUT2D eigenvalue weighted by Crippen LogP contribution is -2.50. The molecule has 198 valence electrons. The van der Waals surface area contributed by atoms with Crippen molar-refractivity contribution in [3.8, 4) is 5.75 Å². The monoisotopic (exact) mass is 531 g/mol. The molecule has 2 aromatic carbocycles. The first-order valence-corrected chi connectivity index (χ1v) is 12.8. The summed E-state index contributed by atoms with van der Waals surface area (Å²) in [5.74, 6) is -0.664. The van der Waals surface area contributed by atoms with Crippen LogP contribution in [-0.4, -0.2) is 76.2 Å². The zero-order valence-corrected chi connectivity index (χ0v) is 21.6. The Labute approximate surface area is 220 Å². The molecule has 0 unspecified atom stereocenters. The highest BCUT2D eigenvalue weighted by Crippen LogP contribution is 2.35. The van der Waals surface area contributed by atoms with Crippen LogP contribution in [0.3, 0.4) is 0 Å². The summed E-state index contributed by atoms with van der Waals surface area (Å²) in [5, 5.41) is 9.82. The maximum absolute atomic E-state index is 13.5. The lowest BCUT2D eigenvalue weighted by atomic mass is 9.92. The molecule has 1 N–H and O–H groups in total. The summed E-state index contributed by atoms with van der Waals surface area (Å²) < 4.78 is 18.9. The zero-order chi connectivity index (χ0) is 26.7. The van der Waals surface area contributed by atoms with Gasteiger partial charge in [0, 0.05) is 49.1 Å². The Morgan fingerprint density at radius 2 is 1.62 bits per heavy atom. The minimum Gasteiger partial charge on any atom is -0.465 e. The molecule has 3 amide bonds. The molecule has 8 nitrogen and oxygen atoms in total. The first-order chi connectivity index (χ1) is 17.6. The Kier molecular flexibility index (Phi) is 8.22. The molecule has 2 fully saturated rings. The highest BCUT2D eigenvalue weighted by atomic mass is 35.5. The van der Waals surface area contributed by atoms with Gasteiger partial charge in [-0.05, 0) is 68.7 Å². The summed E-state index contributed by atoms with van der Waals surface area (Å²) in [5.41, 5.74) is 0.950. The molecule has 2 saturated heterocycles. The van der Waals surface area contributed by atoms with Crippen LogP contribution in [0.15, 0.2) is 48.5 Å². The second-order valence-electron chi connectivity index (χ2n) is 9.84. The average Bonchev–Trinajstić information content (AvgIpc) is 3.30. The van der Waals surface area contributed by atoms with Crippen molar-refractivity contribution in [2.75, 3.05) is 26.2 Å². The molecule has 2 atom stereocenters. The molecule has 0 bridgehead atoms. The summed E-state index contributed by atoms with van der Waals surface area (Å²) in [7, 11) is 0. The van der Waals surface area contributed by atoms with Gasteiger partial charge in [0.15, 0.2) is 0 Å². The van der Waals surface area contributed by atoms with E-state index in [2.05, 4.69) is 0 Å². The van der Waals surface area contributed by atoms with Gasteiger partial charge in [-0.2, -0.15) is 0 Å². The van der Waals surface area contributed by atoms with Crippen LogP contribution in [-0.2, 0) is 4.79 Å². The molecule has 2 aliphatic rings. The minimum atomic E-state index is -0.970. The normalized spacial score (nSPS) is 20.2. The Balaban J connectivity index is 1.57. The smallest absolute Gasteiger partial charge is 0.415 e. The van der Waals surface area contributed by atoms with Crippen molar-refractivity contribution in [2.45, 2.75) is 44.7 Å². The van der Waals surface area contributed by atoms with Gasteiger partial charge in [0.05, 0.1) is 6.04 Å². The molecular formula is C27H31ClFN3O5. The molecule has 2 aliphatic heterocycles. The number of piperidine rings is 1. The quantitative estimate of drug-likeness (QED) is 0.581. The van der Waals surface area contributed by atoms with E-state index in [0.29, 0.717) is 44.0 Å². The Hall–Kier alpha value is -3.33. The van der Waals surface area contributed by atoms with Crippen molar-refractivity contribution in [1.82, 2.24) is 14.7 Å². The number of carbonyl (C=O) groups is 3. The van der Waals surface area contributed by atoms with E-state index in [1.54, 1.807) is 21.9 Å². The number of hydrogen-bond donors (Lipinski definition) is 1. The molecule has 0 radical (unpaired) electrons. The van der Waals surface area contributed by atoms with Crippen LogP contribution in [0.5, 0.6) is 5.75 Å². The molecule has 10 heteroatoms. The third-order valence-corrected chi connectivity index (χ3v) is 7.41. The maximum Gasteiger partial charge on any atom is 0.415 e. The fraction of sp³-hybridized carbons (Fsp3) is 0.444. The molecule has 2 heterocycles. The SMILES string of the molecule is CC(C)N(C(=O)Oc1ccc(F)cc1)[C@H]1CN(C(=O)C2CCN(C(=O)O)CC2)C[C@@H]1c1ccc(Cl)cc1. The van der Waals surface area contributed by atoms with E-state index in [1.165, 1.54) is 29.2 Å². The third kappa shape index (κ3) is 6.15. The average molecular weight is 532 g/mol. The summed E-state index contributed by atoms with van der Waals surface area (Å²) in [6.07, 6.45) is -0.603. The van der Waals surface area contributed by atoms with E-state index in [1.807, 2.05) is 26.0 Å². The Morgan fingerprint density at radius 3 is 2.19 bits per heavy atom. The first-order valence-electron chi connectivity index (χ1n) is 12.4. The van der Waals surface area contributed by atoms with E-state index in [4.69, 9.17) is 16.3 Å². The second-order valence-corrected chi connectivity index (χ2v) is 10.3. The number of ether oxygens (including phenoxy) is 1. The first kappa shape index (κ1) is 26.7. The van der Waals surface area contributed by atoms with Crippen LogP contribution in [0.4, 0.5) is 14.0 Å². The molecular weight excluding hydrogens is 501 g/mol. The molecule has 37 heavy (non-hydrogen) atoms. The van der Waals surface area contributed by atoms with Gasteiger partial charge >= 0.3 is 12.2 Å². The van der Waals surface area contributed by atoms with Gasteiger partial charge < -0.3 is 19.6 Å². The van der Waals surface area contributed by atoms with Gasteiger partial charge in [-0.25, -0.2) is 14.0 Å². The molecule has 0 aromatic heterocycles. The minimum absolute atomic E-state index is 0.0258. The van der Waals surface area contributed by atoms with Gasteiger partial charge in [0.25, 0.3) is 0 Å². The standard InChI is InChI=1S/C27H31ClFN3O5/c1-17(2)32(27(36)37-22-9-7-21(29)8-10-22)24-16-31(15-23(24)18-3-5-20(28)6-4-18)25(33)19-11-13-30(14-12-19)26(34)35/h3-10,17,19,23-24H,11-16H2,1-2H3,(H,34,35)/t23-,24+/m1/s1. The van der Waals surface area contributed by atoms with Crippen LogP contribution in [0, 0.1) is 11.7 Å². The number of carbonyl (C=O) groups excluding carboxylic acids is 2. The molecule has 0 aliphatic carbocycles. The fourth-order valence-corrected chi connectivity index (χ4v) is 5.37. The third-order valence-electron chi connectivity index (χ3n) is 7.16. The van der Waals surface area contributed by atoms with Crippen LogP contribution >= 0.6 is 11.6 Å². The Bertz CT molecular complexity index is 1120. The lowest BCUT2D eigenvalue weighted by molar-refractivity contribution is -0.136. The van der Waals surface area contributed by atoms with Crippen molar-refractivity contribution in [1.29, 1.82) is 0 Å². The zero-order valence-electron chi connectivity index (χ0n) is 20.8. The van der Waals surface area contributed by atoms with E-state index in [-0.39, 0.29) is 35.6 Å². The maximum atomic E-state index is 13.5. The highest BCUT2D eigenvalue weighted by molar-refractivity contribution is 6.30. The van der Waals surface area contributed by atoms with Crippen LogP contribution in [0.1, 0.15) is 38.2 Å². The number of likely N-dealkylation sites (tertiary alicyclic amines) is 2. The van der Waals surface area contributed by atoms with Crippen LogP contribution in [0.25, 0.3) is 0 Å². The van der Waals surface area contributed by atoms with Crippen molar-refractivity contribution < 1.29 is 28.6 Å². The van der Waals surface area contributed by atoms with E-state index >= 15 is 0 Å². The Morgan fingerprint density at radius 1 is 1.00 bits per heavy atom. The molecule has 4 rings (SSSR count). The van der Waals surface area contributed by atoms with Crippen LogP contribution < -0.4 is 4.74 Å². The van der Waals surface area contributed by atoms with Gasteiger partial charge in [-0.3, -0.25) is 9.69 Å². The fourth-order valence-electron chi connectivity index (χ4n) is 5.25. The van der Waals surface area contributed by atoms with Crippen molar-refractivity contribution >= 4 is 29.7 Å². The topological polar surface area (TPSA) is 90.4 Å². The number of amides is 3. The van der Waals surface area contributed by atoms with Gasteiger partial charge in [-0.1, -0.05) is 23.7 Å². The lowest BCUT2D eigenvalue weighted by Gasteiger charge is -2.35. The number of halogens is 2. The van der Waals surface area contributed by atoms with E-state index < -0.39 is 18.0 Å².